The van der Waals surface area contributed by atoms with Gasteiger partial charge in [-0.2, -0.15) is 0 Å². The van der Waals surface area contributed by atoms with Crippen molar-refractivity contribution in [2.45, 2.75) is 17.9 Å². The molecule has 0 unspecified atom stereocenters. The van der Waals surface area contributed by atoms with Crippen molar-refractivity contribution in [3.63, 3.8) is 0 Å². The number of nitrogens with two attached hydrogens (primary N) is 2. The summed E-state index contributed by atoms with van der Waals surface area (Å²) in [5, 5.41) is 8.38. The Kier molecular flexibility index (Phi) is 7.17. The molecule has 8 nitrogen and oxygen atoms in total. The van der Waals surface area contributed by atoms with Gasteiger partial charge in [-0.1, -0.05) is 18.2 Å². The summed E-state index contributed by atoms with van der Waals surface area (Å²) in [6.45, 7) is 1.11. The molecule has 27 heavy (non-hydrogen) atoms. The molecule has 0 spiro atoms. The topological polar surface area (TPSA) is 134 Å². The Morgan fingerprint density at radius 2 is 1.74 bits per heavy atom. The Hall–Kier alpha value is -2.62. The summed E-state index contributed by atoms with van der Waals surface area (Å²) >= 11 is 0. The monoisotopic (exact) mass is 393 g/mol. The third-order valence-corrected chi connectivity index (χ3v) is 4.70. The molecule has 1 amide bonds. The van der Waals surface area contributed by atoms with Crippen LogP contribution in [0.2, 0.25) is 0 Å². The first kappa shape index (κ1) is 20.7. The molecule has 0 radical (unpaired) electrons. The Balaban J connectivity index is 1.85. The Labute approximate surface area is 158 Å². The van der Waals surface area contributed by atoms with E-state index < -0.39 is 15.9 Å². The number of amides is 1. The molecule has 0 saturated carbocycles. The predicted octanol–water partition coefficient (Wildman–Crippen LogP) is 0.539. The number of rotatable bonds is 10. The van der Waals surface area contributed by atoms with Gasteiger partial charge in [0.25, 0.3) is 5.91 Å². The molecule has 0 bridgehead atoms. The van der Waals surface area contributed by atoms with Gasteiger partial charge in [0.2, 0.25) is 10.0 Å². The first-order valence-electron chi connectivity index (χ1n) is 8.20. The lowest BCUT2D eigenvalue weighted by molar-refractivity contribution is -0.119. The predicted molar refractivity (Wildman–Crippen MR) is 101 cm³/mol. The average molecular weight is 393 g/mol. The largest absolute Gasteiger partial charge is 0.493 e. The Bertz CT molecular complexity index is 882. The minimum Gasteiger partial charge on any atom is -0.493 e. The quantitative estimate of drug-likeness (QED) is 0.505. The molecular formula is C18H23N3O5S. The molecule has 0 fully saturated rings. The number of nitrogens with one attached hydrogen (secondary N) is 1. The summed E-state index contributed by atoms with van der Waals surface area (Å²) in [6.07, 6.45) is 0.738. The van der Waals surface area contributed by atoms with Crippen LogP contribution in [0.4, 0.5) is 0 Å². The highest BCUT2D eigenvalue weighted by Gasteiger charge is 2.08. The number of hydrogen-bond donors (Lipinski definition) is 3. The van der Waals surface area contributed by atoms with Gasteiger partial charge in [0.1, 0.15) is 0 Å². The third kappa shape index (κ3) is 6.55. The lowest BCUT2D eigenvalue weighted by atomic mass is 10.1. The summed E-state index contributed by atoms with van der Waals surface area (Å²) in [5.41, 5.74) is 7.06. The molecule has 146 valence electrons. The van der Waals surface area contributed by atoms with Gasteiger partial charge >= 0.3 is 0 Å². The number of hydrogen-bond acceptors (Lipinski definition) is 6. The fraction of sp³-hybridized carbons (Fsp3) is 0.278. The van der Waals surface area contributed by atoms with Crippen molar-refractivity contribution in [3.8, 4) is 11.5 Å². The van der Waals surface area contributed by atoms with Crippen LogP contribution in [0.15, 0.2) is 47.4 Å². The van der Waals surface area contributed by atoms with Crippen LogP contribution in [-0.2, 0) is 27.8 Å². The van der Waals surface area contributed by atoms with Gasteiger partial charge in [-0.25, -0.2) is 13.6 Å². The van der Waals surface area contributed by atoms with Crippen molar-refractivity contribution in [2.24, 2.45) is 10.9 Å². The van der Waals surface area contributed by atoms with Gasteiger partial charge in [-0.05, 0) is 48.4 Å². The van der Waals surface area contributed by atoms with E-state index in [9.17, 15) is 13.2 Å². The fourth-order valence-corrected chi connectivity index (χ4v) is 2.92. The lowest BCUT2D eigenvalue weighted by Crippen LogP contribution is -2.20. The maximum absolute atomic E-state index is 11.2. The summed E-state index contributed by atoms with van der Waals surface area (Å²) in [4.78, 5) is 10.9. The minimum atomic E-state index is -3.66. The van der Waals surface area contributed by atoms with E-state index in [1.165, 1.54) is 19.2 Å². The molecule has 2 rings (SSSR count). The Morgan fingerprint density at radius 1 is 1.07 bits per heavy atom. The van der Waals surface area contributed by atoms with Crippen LogP contribution in [0.25, 0.3) is 0 Å². The van der Waals surface area contributed by atoms with E-state index in [-0.39, 0.29) is 11.5 Å². The highest BCUT2D eigenvalue weighted by molar-refractivity contribution is 7.89. The first-order chi connectivity index (χ1) is 12.8. The van der Waals surface area contributed by atoms with Crippen molar-refractivity contribution in [3.05, 3.63) is 53.6 Å². The van der Waals surface area contributed by atoms with E-state index in [1.807, 2.05) is 12.1 Å². The molecule has 5 N–H and O–H groups in total. The van der Waals surface area contributed by atoms with Crippen LogP contribution in [0.1, 0.15) is 11.1 Å². The van der Waals surface area contributed by atoms with E-state index in [2.05, 4.69) is 5.32 Å². The SMILES string of the molecule is COc1cc(CNCCc2ccc(S(N)(=O)=O)cc2)ccc1OCC(N)=O. The summed E-state index contributed by atoms with van der Waals surface area (Å²) < 4.78 is 33.0. The number of benzene rings is 2. The van der Waals surface area contributed by atoms with E-state index in [1.54, 1.807) is 18.2 Å². The van der Waals surface area contributed by atoms with Crippen molar-refractivity contribution in [1.29, 1.82) is 0 Å². The number of primary amides is 1. The standard InChI is InChI=1S/C18H23N3O5S/c1-25-17-10-14(4-7-16(17)26-12-18(19)22)11-21-9-8-13-2-5-15(6-3-13)27(20,23)24/h2-7,10,21H,8-9,11-12H2,1H3,(H2,19,22)(H2,20,23,24). The van der Waals surface area contributed by atoms with Crippen LogP contribution in [0.5, 0.6) is 11.5 Å². The molecule has 0 aliphatic rings. The zero-order valence-electron chi connectivity index (χ0n) is 15.0. The smallest absolute Gasteiger partial charge is 0.255 e. The normalized spacial score (nSPS) is 11.2. The second-order valence-electron chi connectivity index (χ2n) is 5.86. The van der Waals surface area contributed by atoms with Crippen LogP contribution in [0.3, 0.4) is 0 Å². The van der Waals surface area contributed by atoms with Crippen molar-refractivity contribution in [2.75, 3.05) is 20.3 Å². The van der Waals surface area contributed by atoms with Crippen molar-refractivity contribution in [1.82, 2.24) is 5.32 Å². The minimum absolute atomic E-state index is 0.102. The molecule has 0 saturated heterocycles. The van der Waals surface area contributed by atoms with Gasteiger partial charge in [0, 0.05) is 6.54 Å². The number of carbonyl (C=O) groups excluding carboxylic acids is 1. The summed E-state index contributed by atoms with van der Waals surface area (Å²) in [7, 11) is -2.14. The number of methoxy groups -OCH3 is 1. The molecule has 2 aromatic rings. The average Bonchev–Trinajstić information content (AvgIpc) is 2.63. The Morgan fingerprint density at radius 3 is 2.33 bits per heavy atom. The van der Waals surface area contributed by atoms with Gasteiger partial charge in [-0.15, -0.1) is 0 Å². The molecule has 0 aromatic heterocycles. The summed E-state index contributed by atoms with van der Waals surface area (Å²) in [5.74, 6) is 0.420. The lowest BCUT2D eigenvalue weighted by Gasteiger charge is -2.12. The molecule has 0 atom stereocenters. The number of ether oxygens (including phenoxy) is 2. The van der Waals surface area contributed by atoms with Crippen LogP contribution >= 0.6 is 0 Å². The zero-order chi connectivity index (χ0) is 19.9. The van der Waals surface area contributed by atoms with Crippen LogP contribution in [0, 0.1) is 0 Å². The second-order valence-corrected chi connectivity index (χ2v) is 7.42. The third-order valence-electron chi connectivity index (χ3n) is 3.77. The van der Waals surface area contributed by atoms with Gasteiger partial charge in [-0.3, -0.25) is 4.79 Å². The molecule has 9 heteroatoms. The molecule has 0 aliphatic carbocycles. The van der Waals surface area contributed by atoms with E-state index in [4.69, 9.17) is 20.3 Å². The molecule has 2 aromatic carbocycles. The molecule has 0 heterocycles. The van der Waals surface area contributed by atoms with E-state index in [0.717, 1.165) is 17.5 Å². The van der Waals surface area contributed by atoms with Crippen LogP contribution in [-0.4, -0.2) is 34.6 Å². The van der Waals surface area contributed by atoms with Gasteiger partial charge in [0.15, 0.2) is 18.1 Å². The molecule has 0 aliphatic heterocycles. The van der Waals surface area contributed by atoms with Gasteiger partial charge < -0.3 is 20.5 Å². The maximum atomic E-state index is 11.2. The van der Waals surface area contributed by atoms with E-state index >= 15 is 0 Å². The first-order valence-corrected chi connectivity index (χ1v) is 9.74. The zero-order valence-corrected chi connectivity index (χ0v) is 15.8. The van der Waals surface area contributed by atoms with Gasteiger partial charge in [0.05, 0.1) is 12.0 Å². The highest BCUT2D eigenvalue weighted by atomic mass is 32.2. The summed E-state index contributed by atoms with van der Waals surface area (Å²) in [6, 6.07) is 11.9. The maximum Gasteiger partial charge on any atom is 0.255 e. The number of carbonyl (C=O) groups is 1. The highest BCUT2D eigenvalue weighted by Crippen LogP contribution is 2.27. The second kappa shape index (κ2) is 9.36. The molecular weight excluding hydrogens is 370 g/mol. The van der Waals surface area contributed by atoms with E-state index in [0.29, 0.717) is 24.6 Å². The van der Waals surface area contributed by atoms with Crippen molar-refractivity contribution < 1.29 is 22.7 Å². The fourth-order valence-electron chi connectivity index (χ4n) is 2.40. The number of sulfonamides is 1. The van der Waals surface area contributed by atoms with Crippen LogP contribution < -0.4 is 25.7 Å². The van der Waals surface area contributed by atoms with Crippen molar-refractivity contribution >= 4 is 15.9 Å². The number of primary sulfonamides is 1.